The first kappa shape index (κ1) is 21.9. The lowest BCUT2D eigenvalue weighted by molar-refractivity contribution is -0.137. The van der Waals surface area contributed by atoms with Gasteiger partial charge in [-0.15, -0.1) is 0 Å². The second kappa shape index (κ2) is 8.74. The molecule has 0 unspecified atom stereocenters. The molecule has 11 heteroatoms. The standard InChI is InChI=1S/C17H20F3N3O4S/c1-28(26,27)23-10-8-22(9-11-23)16(25)12-21-15(24)7-4-13-2-5-14(6-3-13)17(18,19)20/h2-7H,8-12H2,1H3,(H,21,24)/b7-4+. The summed E-state index contributed by atoms with van der Waals surface area (Å²) in [5.41, 5.74) is -0.373. The van der Waals surface area contributed by atoms with Gasteiger partial charge in [-0.1, -0.05) is 12.1 Å². The Bertz CT molecular complexity index is 843. The number of nitrogens with one attached hydrogen (secondary N) is 1. The molecule has 0 aliphatic carbocycles. The number of benzene rings is 1. The van der Waals surface area contributed by atoms with Crippen molar-refractivity contribution in [3.05, 3.63) is 41.5 Å². The summed E-state index contributed by atoms with van der Waals surface area (Å²) >= 11 is 0. The van der Waals surface area contributed by atoms with Crippen LogP contribution in [0.2, 0.25) is 0 Å². The van der Waals surface area contributed by atoms with E-state index in [1.54, 1.807) is 0 Å². The van der Waals surface area contributed by atoms with Crippen molar-refractivity contribution in [2.24, 2.45) is 0 Å². The fourth-order valence-electron chi connectivity index (χ4n) is 2.56. The van der Waals surface area contributed by atoms with E-state index in [2.05, 4.69) is 5.32 Å². The molecule has 1 aliphatic rings. The van der Waals surface area contributed by atoms with E-state index in [4.69, 9.17) is 0 Å². The molecule has 0 saturated carbocycles. The summed E-state index contributed by atoms with van der Waals surface area (Å²) in [5, 5.41) is 2.40. The molecular formula is C17H20F3N3O4S. The van der Waals surface area contributed by atoms with Crippen LogP contribution in [0.3, 0.4) is 0 Å². The van der Waals surface area contributed by atoms with Crippen LogP contribution >= 0.6 is 0 Å². The van der Waals surface area contributed by atoms with Gasteiger partial charge >= 0.3 is 6.18 Å². The third kappa shape index (κ3) is 6.34. The van der Waals surface area contributed by atoms with Crippen molar-refractivity contribution in [2.75, 3.05) is 39.0 Å². The van der Waals surface area contributed by atoms with Crippen LogP contribution in [0.25, 0.3) is 6.08 Å². The van der Waals surface area contributed by atoms with E-state index >= 15 is 0 Å². The van der Waals surface area contributed by atoms with Crippen LogP contribution in [-0.4, -0.2) is 68.4 Å². The lowest BCUT2D eigenvalue weighted by Gasteiger charge is -2.33. The third-order valence-electron chi connectivity index (χ3n) is 4.14. The number of nitrogens with zero attached hydrogens (tertiary/aromatic N) is 2. The Morgan fingerprint density at radius 3 is 2.18 bits per heavy atom. The smallest absolute Gasteiger partial charge is 0.343 e. The summed E-state index contributed by atoms with van der Waals surface area (Å²) in [5.74, 6) is -0.910. The summed E-state index contributed by atoms with van der Waals surface area (Å²) in [6.07, 6.45) is -0.858. The van der Waals surface area contributed by atoms with E-state index in [1.165, 1.54) is 27.4 Å². The Kier molecular flexibility index (Phi) is 6.83. The molecule has 1 aromatic rings. The molecule has 2 amide bonds. The summed E-state index contributed by atoms with van der Waals surface area (Å²) in [6, 6.07) is 4.30. The van der Waals surface area contributed by atoms with Gasteiger partial charge in [-0.2, -0.15) is 17.5 Å². The number of amides is 2. The normalized spacial score (nSPS) is 16.4. The van der Waals surface area contributed by atoms with E-state index in [0.29, 0.717) is 5.56 Å². The first-order valence-corrected chi connectivity index (χ1v) is 10.2. The predicted octanol–water partition coefficient (Wildman–Crippen LogP) is 0.939. The van der Waals surface area contributed by atoms with E-state index in [1.807, 2.05) is 0 Å². The van der Waals surface area contributed by atoms with Crippen LogP contribution in [0, 0.1) is 0 Å². The van der Waals surface area contributed by atoms with E-state index in [0.717, 1.165) is 24.5 Å². The fraction of sp³-hybridized carbons (Fsp3) is 0.412. The molecule has 7 nitrogen and oxygen atoms in total. The molecular weight excluding hydrogens is 399 g/mol. The Hall–Kier alpha value is -2.40. The van der Waals surface area contributed by atoms with E-state index in [-0.39, 0.29) is 38.6 Å². The molecule has 28 heavy (non-hydrogen) atoms. The van der Waals surface area contributed by atoms with E-state index < -0.39 is 27.7 Å². The Morgan fingerprint density at radius 1 is 1.11 bits per heavy atom. The zero-order valence-corrected chi connectivity index (χ0v) is 15.9. The van der Waals surface area contributed by atoms with Crippen molar-refractivity contribution >= 4 is 27.9 Å². The average molecular weight is 419 g/mol. The van der Waals surface area contributed by atoms with Crippen LogP contribution in [0.15, 0.2) is 30.3 Å². The molecule has 0 spiro atoms. The summed E-state index contributed by atoms with van der Waals surface area (Å²) < 4.78 is 61.6. The van der Waals surface area contributed by atoms with Crippen molar-refractivity contribution < 1.29 is 31.2 Å². The molecule has 1 heterocycles. The fourth-order valence-corrected chi connectivity index (χ4v) is 3.38. The molecule has 1 aromatic carbocycles. The molecule has 1 fully saturated rings. The Morgan fingerprint density at radius 2 is 1.68 bits per heavy atom. The molecule has 1 aliphatic heterocycles. The number of carbonyl (C=O) groups is 2. The van der Waals surface area contributed by atoms with Gasteiger partial charge in [0.25, 0.3) is 0 Å². The van der Waals surface area contributed by atoms with Gasteiger partial charge in [0.15, 0.2) is 0 Å². The van der Waals surface area contributed by atoms with Crippen molar-refractivity contribution in [2.45, 2.75) is 6.18 Å². The highest BCUT2D eigenvalue weighted by atomic mass is 32.2. The molecule has 0 atom stereocenters. The van der Waals surface area contributed by atoms with Gasteiger partial charge in [-0.25, -0.2) is 8.42 Å². The van der Waals surface area contributed by atoms with Gasteiger partial charge in [-0.05, 0) is 23.8 Å². The maximum atomic E-state index is 12.5. The minimum absolute atomic E-state index is 0.201. The average Bonchev–Trinajstić information content (AvgIpc) is 2.63. The maximum absolute atomic E-state index is 12.5. The summed E-state index contributed by atoms with van der Waals surface area (Å²) in [4.78, 5) is 25.3. The minimum atomic E-state index is -4.42. The first-order valence-electron chi connectivity index (χ1n) is 8.33. The number of rotatable bonds is 5. The van der Waals surface area contributed by atoms with Crippen LogP contribution in [0.1, 0.15) is 11.1 Å². The molecule has 1 saturated heterocycles. The largest absolute Gasteiger partial charge is 0.416 e. The van der Waals surface area contributed by atoms with Crippen LogP contribution < -0.4 is 5.32 Å². The van der Waals surface area contributed by atoms with Crippen molar-refractivity contribution in [1.29, 1.82) is 0 Å². The second-order valence-electron chi connectivity index (χ2n) is 6.21. The number of carbonyl (C=O) groups excluding carboxylic acids is 2. The zero-order valence-electron chi connectivity index (χ0n) is 15.1. The van der Waals surface area contributed by atoms with Gasteiger partial charge in [0, 0.05) is 32.3 Å². The summed E-state index contributed by atoms with van der Waals surface area (Å²) in [6.45, 7) is 0.625. The quantitative estimate of drug-likeness (QED) is 0.720. The van der Waals surface area contributed by atoms with Gasteiger partial charge in [0.05, 0.1) is 18.4 Å². The second-order valence-corrected chi connectivity index (χ2v) is 8.20. The number of hydrogen-bond acceptors (Lipinski definition) is 4. The van der Waals surface area contributed by atoms with Crippen LogP contribution in [-0.2, 0) is 25.8 Å². The molecule has 0 radical (unpaired) electrons. The van der Waals surface area contributed by atoms with Crippen LogP contribution in [0.4, 0.5) is 13.2 Å². The van der Waals surface area contributed by atoms with Crippen molar-refractivity contribution in [1.82, 2.24) is 14.5 Å². The number of alkyl halides is 3. The first-order chi connectivity index (χ1) is 13.0. The topological polar surface area (TPSA) is 86.8 Å². The molecule has 154 valence electrons. The molecule has 0 bridgehead atoms. The number of hydrogen-bond donors (Lipinski definition) is 1. The number of halogens is 3. The zero-order chi connectivity index (χ0) is 20.9. The van der Waals surface area contributed by atoms with Crippen molar-refractivity contribution in [3.8, 4) is 0 Å². The lowest BCUT2D eigenvalue weighted by atomic mass is 10.1. The predicted molar refractivity (Wildman–Crippen MR) is 96.5 cm³/mol. The van der Waals surface area contributed by atoms with E-state index in [9.17, 15) is 31.2 Å². The number of piperazine rings is 1. The van der Waals surface area contributed by atoms with Gasteiger partial charge in [-0.3, -0.25) is 9.59 Å². The molecule has 2 rings (SSSR count). The molecule has 1 N–H and O–H groups in total. The van der Waals surface area contributed by atoms with Gasteiger partial charge in [0.2, 0.25) is 21.8 Å². The highest BCUT2D eigenvalue weighted by molar-refractivity contribution is 7.88. The third-order valence-corrected chi connectivity index (χ3v) is 5.44. The van der Waals surface area contributed by atoms with Crippen LogP contribution in [0.5, 0.6) is 0 Å². The van der Waals surface area contributed by atoms with Crippen molar-refractivity contribution in [3.63, 3.8) is 0 Å². The SMILES string of the molecule is CS(=O)(=O)N1CCN(C(=O)CNC(=O)/C=C/c2ccc(C(F)(F)F)cc2)CC1. The minimum Gasteiger partial charge on any atom is -0.343 e. The summed E-state index contributed by atoms with van der Waals surface area (Å²) in [7, 11) is -3.29. The number of sulfonamides is 1. The molecule has 0 aromatic heterocycles. The van der Waals surface area contributed by atoms with Gasteiger partial charge in [0.1, 0.15) is 0 Å². The monoisotopic (exact) mass is 419 g/mol. The lowest BCUT2D eigenvalue weighted by Crippen LogP contribution is -2.52. The Labute approximate surface area is 160 Å². The highest BCUT2D eigenvalue weighted by Gasteiger charge is 2.29. The Balaban J connectivity index is 1.79. The van der Waals surface area contributed by atoms with Gasteiger partial charge < -0.3 is 10.2 Å². The maximum Gasteiger partial charge on any atom is 0.416 e. The highest BCUT2D eigenvalue weighted by Crippen LogP contribution is 2.29.